The minimum absolute atomic E-state index is 0.0680. The van der Waals surface area contributed by atoms with E-state index in [4.69, 9.17) is 11.6 Å². The monoisotopic (exact) mass is 528 g/mol. The lowest BCUT2D eigenvalue weighted by Crippen LogP contribution is -2.51. The maximum atomic E-state index is 13.6. The zero-order chi connectivity index (χ0) is 26.4. The lowest BCUT2D eigenvalue weighted by atomic mass is 9.89. The molecule has 0 atom stereocenters. The Labute approximate surface area is 225 Å². The zero-order valence-corrected chi connectivity index (χ0v) is 22.9. The molecule has 0 unspecified atom stereocenters. The quantitative estimate of drug-likeness (QED) is 0.421. The summed E-state index contributed by atoms with van der Waals surface area (Å²) in [6.45, 7) is 6.82. The van der Waals surface area contributed by atoms with Crippen molar-refractivity contribution in [1.82, 2.24) is 4.90 Å². The highest BCUT2D eigenvalue weighted by Gasteiger charge is 2.32. The molecule has 2 aliphatic rings. The van der Waals surface area contributed by atoms with E-state index in [-0.39, 0.29) is 23.5 Å². The van der Waals surface area contributed by atoms with Crippen molar-refractivity contribution in [2.75, 3.05) is 51.2 Å². The van der Waals surface area contributed by atoms with Crippen LogP contribution in [0, 0.1) is 17.7 Å². The van der Waals surface area contributed by atoms with Crippen molar-refractivity contribution in [2.24, 2.45) is 11.8 Å². The van der Waals surface area contributed by atoms with Gasteiger partial charge in [0.15, 0.2) is 0 Å². The highest BCUT2D eigenvalue weighted by atomic mass is 35.5. The van der Waals surface area contributed by atoms with Gasteiger partial charge in [-0.15, -0.1) is 0 Å². The van der Waals surface area contributed by atoms with Gasteiger partial charge in [-0.25, -0.2) is 4.39 Å². The number of amides is 2. The molecule has 200 valence electrons. The number of hydrogen-bond donors (Lipinski definition) is 0. The number of benzene rings is 2. The summed E-state index contributed by atoms with van der Waals surface area (Å²) in [4.78, 5) is 29.1. The van der Waals surface area contributed by atoms with Gasteiger partial charge >= 0.3 is 0 Å². The van der Waals surface area contributed by atoms with Crippen LogP contribution in [-0.2, 0) is 16.0 Å². The van der Waals surface area contributed by atoms with E-state index in [0.717, 1.165) is 42.6 Å². The predicted molar refractivity (Wildman–Crippen MR) is 147 cm³/mol. The first-order chi connectivity index (χ1) is 17.7. The summed E-state index contributed by atoms with van der Waals surface area (Å²) < 4.78 is 14.2. The van der Waals surface area contributed by atoms with Crippen LogP contribution in [0.3, 0.4) is 0 Å². The molecular formula is C30H40ClFN3O2+. The standard InChI is InChI=1S/C30H40ClFN3O2/c1-23(36)33-16-11-26(12-17-33)30(37)34(29-6-3-5-27(31)22-29)15-4-18-35(2)19-13-25(14-20-35)21-24-7-9-28(32)10-8-24/h3,5-10,22,25-26H,4,11-21H2,1-2H3/q+1. The number of anilines is 1. The molecule has 0 N–H and O–H groups in total. The van der Waals surface area contributed by atoms with E-state index in [9.17, 15) is 14.0 Å². The van der Waals surface area contributed by atoms with E-state index < -0.39 is 0 Å². The summed E-state index contributed by atoms with van der Waals surface area (Å²) in [6, 6.07) is 14.5. The fraction of sp³-hybridized carbons (Fsp3) is 0.533. The first kappa shape index (κ1) is 27.6. The van der Waals surface area contributed by atoms with Gasteiger partial charge in [0.25, 0.3) is 0 Å². The Kier molecular flexibility index (Phi) is 9.25. The van der Waals surface area contributed by atoms with E-state index in [0.29, 0.717) is 43.4 Å². The van der Waals surface area contributed by atoms with Crippen LogP contribution in [-0.4, -0.2) is 67.5 Å². The molecule has 2 amide bonds. The van der Waals surface area contributed by atoms with Crippen molar-refractivity contribution >= 4 is 29.1 Å². The minimum Gasteiger partial charge on any atom is -0.343 e. The Bertz CT molecular complexity index is 1060. The number of likely N-dealkylation sites (tertiary alicyclic amines) is 2. The van der Waals surface area contributed by atoms with Crippen LogP contribution < -0.4 is 4.90 Å². The second-order valence-electron chi connectivity index (χ2n) is 11.2. The van der Waals surface area contributed by atoms with Crippen molar-refractivity contribution in [3.8, 4) is 0 Å². The van der Waals surface area contributed by atoms with E-state index in [1.165, 1.54) is 18.4 Å². The number of carbonyl (C=O) groups excluding carboxylic acids is 2. The molecule has 4 rings (SSSR count). The normalized spacial score (nSPS) is 22.6. The highest BCUT2D eigenvalue weighted by Crippen LogP contribution is 2.28. The van der Waals surface area contributed by atoms with Gasteiger partial charge in [0.1, 0.15) is 5.82 Å². The highest BCUT2D eigenvalue weighted by molar-refractivity contribution is 6.30. The molecule has 2 fully saturated rings. The Morgan fingerprint density at radius 1 is 1.05 bits per heavy atom. The summed E-state index contributed by atoms with van der Waals surface area (Å²) in [5, 5.41) is 0.629. The number of carbonyl (C=O) groups is 2. The Hall–Kier alpha value is -2.44. The van der Waals surface area contributed by atoms with Crippen LogP contribution in [0.1, 0.15) is 44.6 Å². The molecule has 5 nitrogen and oxygen atoms in total. The van der Waals surface area contributed by atoms with E-state index in [1.54, 1.807) is 19.1 Å². The van der Waals surface area contributed by atoms with Gasteiger partial charge in [-0.3, -0.25) is 9.59 Å². The Morgan fingerprint density at radius 3 is 2.35 bits per heavy atom. The molecule has 0 spiro atoms. The molecule has 2 aromatic carbocycles. The van der Waals surface area contributed by atoms with Crippen LogP contribution in [0.2, 0.25) is 5.02 Å². The van der Waals surface area contributed by atoms with Crippen LogP contribution in [0.15, 0.2) is 48.5 Å². The number of quaternary nitrogens is 1. The minimum atomic E-state index is -0.177. The summed E-state index contributed by atoms with van der Waals surface area (Å²) in [5.74, 6) is 0.620. The molecule has 0 saturated carbocycles. The molecule has 0 aliphatic carbocycles. The van der Waals surface area contributed by atoms with Gasteiger partial charge in [-0.2, -0.15) is 0 Å². The van der Waals surface area contributed by atoms with Crippen molar-refractivity contribution < 1.29 is 18.5 Å². The summed E-state index contributed by atoms with van der Waals surface area (Å²) in [6.07, 6.45) is 5.68. The third-order valence-corrected chi connectivity index (χ3v) is 8.58. The first-order valence-corrected chi connectivity index (χ1v) is 14.0. The van der Waals surface area contributed by atoms with Crippen molar-refractivity contribution in [3.63, 3.8) is 0 Å². The van der Waals surface area contributed by atoms with Crippen molar-refractivity contribution in [2.45, 2.75) is 45.4 Å². The van der Waals surface area contributed by atoms with E-state index >= 15 is 0 Å². The third-order valence-electron chi connectivity index (χ3n) is 8.35. The van der Waals surface area contributed by atoms with Crippen LogP contribution in [0.25, 0.3) is 0 Å². The fourth-order valence-corrected chi connectivity index (χ4v) is 6.09. The first-order valence-electron chi connectivity index (χ1n) is 13.6. The molecule has 2 saturated heterocycles. The molecule has 0 bridgehead atoms. The molecule has 0 radical (unpaired) electrons. The van der Waals surface area contributed by atoms with Gasteiger partial charge < -0.3 is 14.3 Å². The molecular weight excluding hydrogens is 489 g/mol. The zero-order valence-electron chi connectivity index (χ0n) is 22.2. The Morgan fingerprint density at radius 2 is 1.73 bits per heavy atom. The number of hydrogen-bond acceptors (Lipinski definition) is 2. The average Bonchev–Trinajstić information content (AvgIpc) is 2.89. The molecule has 2 aromatic rings. The third kappa shape index (κ3) is 7.55. The molecule has 2 heterocycles. The number of halogens is 2. The lowest BCUT2D eigenvalue weighted by Gasteiger charge is -2.41. The van der Waals surface area contributed by atoms with Gasteiger partial charge in [-0.1, -0.05) is 29.8 Å². The van der Waals surface area contributed by atoms with Crippen LogP contribution in [0.5, 0.6) is 0 Å². The molecule has 2 aliphatic heterocycles. The van der Waals surface area contributed by atoms with Crippen molar-refractivity contribution in [3.05, 3.63) is 64.9 Å². The van der Waals surface area contributed by atoms with Gasteiger partial charge in [0.05, 0.1) is 26.7 Å². The summed E-state index contributed by atoms with van der Waals surface area (Å²) in [5.41, 5.74) is 2.07. The van der Waals surface area contributed by atoms with Gasteiger partial charge in [0, 0.05) is 49.6 Å². The topological polar surface area (TPSA) is 40.6 Å². The van der Waals surface area contributed by atoms with Gasteiger partial charge in [0.2, 0.25) is 11.8 Å². The molecule has 0 aromatic heterocycles. The fourth-order valence-electron chi connectivity index (χ4n) is 5.91. The van der Waals surface area contributed by atoms with E-state index in [1.807, 2.05) is 46.2 Å². The number of rotatable bonds is 8. The van der Waals surface area contributed by atoms with Crippen LogP contribution >= 0.6 is 11.6 Å². The summed E-state index contributed by atoms with van der Waals surface area (Å²) in [7, 11) is 2.33. The van der Waals surface area contributed by atoms with E-state index in [2.05, 4.69) is 7.05 Å². The lowest BCUT2D eigenvalue weighted by molar-refractivity contribution is -0.915. The smallest absolute Gasteiger partial charge is 0.230 e. The maximum absolute atomic E-state index is 13.6. The second-order valence-corrected chi connectivity index (χ2v) is 11.6. The molecule has 7 heteroatoms. The predicted octanol–water partition coefficient (Wildman–Crippen LogP) is 5.56. The van der Waals surface area contributed by atoms with Gasteiger partial charge in [-0.05, 0) is 73.9 Å². The van der Waals surface area contributed by atoms with Crippen molar-refractivity contribution in [1.29, 1.82) is 0 Å². The van der Waals surface area contributed by atoms with Crippen LogP contribution in [0.4, 0.5) is 10.1 Å². The Balaban J connectivity index is 1.32. The second kappa shape index (κ2) is 12.4. The number of nitrogens with zero attached hydrogens (tertiary/aromatic N) is 3. The summed E-state index contributed by atoms with van der Waals surface area (Å²) >= 11 is 6.29. The maximum Gasteiger partial charge on any atom is 0.230 e. The largest absolute Gasteiger partial charge is 0.343 e. The molecule has 37 heavy (non-hydrogen) atoms. The number of piperidine rings is 2. The average molecular weight is 529 g/mol. The SMILES string of the molecule is CC(=O)N1CCC(C(=O)N(CCC[N+]2(C)CCC(Cc3ccc(F)cc3)CC2)c2cccc(Cl)c2)CC1.